The topological polar surface area (TPSA) is 57.0 Å². The van der Waals surface area contributed by atoms with Crippen LogP contribution in [0.3, 0.4) is 0 Å². The van der Waals surface area contributed by atoms with Gasteiger partial charge in [0.15, 0.2) is 0 Å². The molecule has 2 heterocycles. The first-order valence-corrected chi connectivity index (χ1v) is 5.91. The molecule has 2 N–H and O–H groups in total. The van der Waals surface area contributed by atoms with Crippen LogP contribution >= 0.6 is 0 Å². The standard InChI is InChI=1S/C13H19N3O/c1-9(2)16-6-4-11(15-16)8-12(14)13-10(3)5-7-17-13/h4-7,9,12H,8,14H2,1-3H3. The van der Waals surface area contributed by atoms with E-state index in [-0.39, 0.29) is 6.04 Å². The Morgan fingerprint density at radius 2 is 2.18 bits per heavy atom. The van der Waals surface area contributed by atoms with Crippen LogP contribution in [0.5, 0.6) is 0 Å². The van der Waals surface area contributed by atoms with Crippen molar-refractivity contribution < 1.29 is 4.42 Å². The highest BCUT2D eigenvalue weighted by Gasteiger charge is 2.14. The SMILES string of the molecule is Cc1ccoc1C(N)Cc1ccn(C(C)C)n1. The molecular formula is C13H19N3O. The molecule has 1 unspecified atom stereocenters. The molecular weight excluding hydrogens is 214 g/mol. The highest BCUT2D eigenvalue weighted by Crippen LogP contribution is 2.20. The van der Waals surface area contributed by atoms with Gasteiger partial charge in [-0.1, -0.05) is 0 Å². The summed E-state index contributed by atoms with van der Waals surface area (Å²) in [5.74, 6) is 0.851. The van der Waals surface area contributed by atoms with E-state index in [2.05, 4.69) is 18.9 Å². The normalized spacial score (nSPS) is 13.2. The second-order valence-corrected chi connectivity index (χ2v) is 4.66. The van der Waals surface area contributed by atoms with E-state index < -0.39 is 0 Å². The van der Waals surface area contributed by atoms with E-state index in [1.165, 1.54) is 0 Å². The number of furan rings is 1. The predicted molar refractivity (Wildman–Crippen MR) is 66.7 cm³/mol. The Morgan fingerprint density at radius 1 is 1.41 bits per heavy atom. The average molecular weight is 233 g/mol. The quantitative estimate of drug-likeness (QED) is 0.883. The first-order chi connectivity index (χ1) is 8.08. The van der Waals surface area contributed by atoms with Crippen molar-refractivity contribution >= 4 is 0 Å². The molecule has 0 saturated carbocycles. The van der Waals surface area contributed by atoms with Crippen molar-refractivity contribution in [3.8, 4) is 0 Å². The summed E-state index contributed by atoms with van der Waals surface area (Å²) in [7, 11) is 0. The van der Waals surface area contributed by atoms with E-state index in [1.807, 2.05) is 29.9 Å². The molecule has 2 rings (SSSR count). The number of aromatic nitrogens is 2. The lowest BCUT2D eigenvalue weighted by atomic mass is 10.1. The molecule has 4 heteroatoms. The van der Waals surface area contributed by atoms with Gasteiger partial charge in [0.2, 0.25) is 0 Å². The fraction of sp³-hybridized carbons (Fsp3) is 0.462. The smallest absolute Gasteiger partial charge is 0.123 e. The average Bonchev–Trinajstić information content (AvgIpc) is 2.86. The molecule has 92 valence electrons. The summed E-state index contributed by atoms with van der Waals surface area (Å²) in [5.41, 5.74) is 8.21. The molecule has 0 aliphatic heterocycles. The van der Waals surface area contributed by atoms with Gasteiger partial charge in [-0.05, 0) is 38.5 Å². The highest BCUT2D eigenvalue weighted by atomic mass is 16.3. The predicted octanol–water partition coefficient (Wildman–Crippen LogP) is 2.61. The van der Waals surface area contributed by atoms with Crippen molar-refractivity contribution in [2.24, 2.45) is 5.73 Å². The largest absolute Gasteiger partial charge is 0.467 e. The van der Waals surface area contributed by atoms with Gasteiger partial charge in [0, 0.05) is 18.7 Å². The highest BCUT2D eigenvalue weighted by molar-refractivity contribution is 5.19. The van der Waals surface area contributed by atoms with Crippen molar-refractivity contribution in [2.45, 2.75) is 39.3 Å². The maximum atomic E-state index is 6.11. The maximum absolute atomic E-state index is 6.11. The number of nitrogens with zero attached hydrogens (tertiary/aromatic N) is 2. The summed E-state index contributed by atoms with van der Waals surface area (Å²) >= 11 is 0. The van der Waals surface area contributed by atoms with Gasteiger partial charge in [-0.3, -0.25) is 4.68 Å². The Hall–Kier alpha value is -1.55. The molecule has 0 aliphatic rings. The minimum atomic E-state index is -0.125. The van der Waals surface area contributed by atoms with E-state index in [0.717, 1.165) is 17.0 Å². The second kappa shape index (κ2) is 4.75. The third kappa shape index (κ3) is 2.58. The third-order valence-electron chi connectivity index (χ3n) is 2.86. The van der Waals surface area contributed by atoms with Gasteiger partial charge in [-0.2, -0.15) is 5.10 Å². The van der Waals surface area contributed by atoms with Gasteiger partial charge in [0.25, 0.3) is 0 Å². The van der Waals surface area contributed by atoms with Crippen molar-refractivity contribution in [1.82, 2.24) is 9.78 Å². The van der Waals surface area contributed by atoms with Crippen LogP contribution < -0.4 is 5.73 Å². The molecule has 0 amide bonds. The Bertz CT molecular complexity index is 484. The van der Waals surface area contributed by atoms with E-state index in [0.29, 0.717) is 12.5 Å². The van der Waals surface area contributed by atoms with Gasteiger partial charge in [0.1, 0.15) is 5.76 Å². The fourth-order valence-corrected chi connectivity index (χ4v) is 1.86. The van der Waals surface area contributed by atoms with Crippen LogP contribution in [0.1, 0.15) is 42.9 Å². The summed E-state index contributed by atoms with van der Waals surface area (Å²) < 4.78 is 7.33. The van der Waals surface area contributed by atoms with Crippen molar-refractivity contribution in [3.05, 3.63) is 41.6 Å². The Balaban J connectivity index is 2.08. The third-order valence-corrected chi connectivity index (χ3v) is 2.86. The number of hydrogen-bond acceptors (Lipinski definition) is 3. The molecule has 0 saturated heterocycles. The lowest BCUT2D eigenvalue weighted by Gasteiger charge is -2.08. The van der Waals surface area contributed by atoms with Crippen molar-refractivity contribution in [2.75, 3.05) is 0 Å². The number of aryl methyl sites for hydroxylation is 1. The molecule has 0 aromatic carbocycles. The second-order valence-electron chi connectivity index (χ2n) is 4.66. The van der Waals surface area contributed by atoms with Crippen LogP contribution in [0.15, 0.2) is 29.0 Å². The van der Waals surface area contributed by atoms with Crippen LogP contribution in [-0.4, -0.2) is 9.78 Å². The molecule has 0 fully saturated rings. The Labute approximate surface area is 101 Å². The molecule has 2 aromatic rings. The summed E-state index contributed by atoms with van der Waals surface area (Å²) in [6, 6.07) is 4.20. The molecule has 0 spiro atoms. The molecule has 0 aliphatic carbocycles. The Kier molecular flexibility index (Phi) is 3.33. The molecule has 4 nitrogen and oxygen atoms in total. The monoisotopic (exact) mass is 233 g/mol. The van der Waals surface area contributed by atoms with Gasteiger partial charge in [0.05, 0.1) is 18.0 Å². The zero-order valence-corrected chi connectivity index (χ0v) is 10.6. The first kappa shape index (κ1) is 11.9. The molecule has 0 radical (unpaired) electrons. The molecule has 2 aromatic heterocycles. The first-order valence-electron chi connectivity index (χ1n) is 5.91. The van der Waals surface area contributed by atoms with Crippen LogP contribution in [0.4, 0.5) is 0 Å². The van der Waals surface area contributed by atoms with Gasteiger partial charge >= 0.3 is 0 Å². The zero-order chi connectivity index (χ0) is 12.4. The van der Waals surface area contributed by atoms with Crippen molar-refractivity contribution in [1.29, 1.82) is 0 Å². The number of rotatable bonds is 4. The van der Waals surface area contributed by atoms with E-state index in [9.17, 15) is 0 Å². The van der Waals surface area contributed by atoms with Crippen LogP contribution in [0, 0.1) is 6.92 Å². The number of nitrogens with two attached hydrogens (primary N) is 1. The van der Waals surface area contributed by atoms with Crippen LogP contribution in [0.25, 0.3) is 0 Å². The van der Waals surface area contributed by atoms with E-state index in [1.54, 1.807) is 6.26 Å². The Morgan fingerprint density at radius 3 is 2.71 bits per heavy atom. The summed E-state index contributed by atoms with van der Waals surface area (Å²) in [5, 5.41) is 4.48. The van der Waals surface area contributed by atoms with Crippen molar-refractivity contribution in [3.63, 3.8) is 0 Å². The number of hydrogen-bond donors (Lipinski definition) is 1. The van der Waals surface area contributed by atoms with Crippen LogP contribution in [0.2, 0.25) is 0 Å². The van der Waals surface area contributed by atoms with Crippen LogP contribution in [-0.2, 0) is 6.42 Å². The van der Waals surface area contributed by atoms with E-state index >= 15 is 0 Å². The summed E-state index contributed by atoms with van der Waals surface area (Å²) in [6.45, 7) is 6.21. The lowest BCUT2D eigenvalue weighted by Crippen LogP contribution is -2.14. The molecule has 0 bridgehead atoms. The minimum absolute atomic E-state index is 0.125. The minimum Gasteiger partial charge on any atom is -0.467 e. The molecule has 17 heavy (non-hydrogen) atoms. The van der Waals surface area contributed by atoms with Gasteiger partial charge < -0.3 is 10.2 Å². The fourth-order valence-electron chi connectivity index (χ4n) is 1.86. The van der Waals surface area contributed by atoms with Gasteiger partial charge in [-0.25, -0.2) is 0 Å². The lowest BCUT2D eigenvalue weighted by molar-refractivity contribution is 0.456. The van der Waals surface area contributed by atoms with E-state index in [4.69, 9.17) is 10.2 Å². The molecule has 1 atom stereocenters. The summed E-state index contributed by atoms with van der Waals surface area (Å²) in [6.07, 6.45) is 4.37. The summed E-state index contributed by atoms with van der Waals surface area (Å²) in [4.78, 5) is 0. The maximum Gasteiger partial charge on any atom is 0.123 e. The zero-order valence-electron chi connectivity index (χ0n) is 10.6. The van der Waals surface area contributed by atoms with Gasteiger partial charge in [-0.15, -0.1) is 0 Å².